The Labute approximate surface area is 201 Å². The maximum atomic E-state index is 13.6. The Morgan fingerprint density at radius 3 is 2.50 bits per heavy atom. The zero-order chi connectivity index (χ0) is 25.1. The summed E-state index contributed by atoms with van der Waals surface area (Å²) in [5.41, 5.74) is 0.484. The van der Waals surface area contributed by atoms with Gasteiger partial charge in [0, 0.05) is 13.7 Å². The minimum absolute atomic E-state index is 0.0204. The zero-order valence-corrected chi connectivity index (χ0v) is 20.5. The van der Waals surface area contributed by atoms with E-state index in [1.54, 1.807) is 37.9 Å². The fourth-order valence-corrected chi connectivity index (χ4v) is 4.00. The Balaban J connectivity index is 2.02. The molecule has 186 valence electrons. The summed E-state index contributed by atoms with van der Waals surface area (Å²) in [6, 6.07) is 6.07. The first-order valence-electron chi connectivity index (χ1n) is 10.6. The van der Waals surface area contributed by atoms with E-state index in [-0.39, 0.29) is 54.2 Å². The van der Waals surface area contributed by atoms with E-state index in [1.165, 1.54) is 19.2 Å². The number of esters is 2. The number of hydrogen-bond acceptors (Lipinski definition) is 9. The zero-order valence-electron chi connectivity index (χ0n) is 19.6. The topological polar surface area (TPSA) is 103 Å². The Morgan fingerprint density at radius 2 is 1.82 bits per heavy atom. The number of rotatable bonds is 13. The molecule has 0 unspecified atom stereocenters. The summed E-state index contributed by atoms with van der Waals surface area (Å²) in [5.74, 6) is -1.99. The number of methoxy groups -OCH3 is 1. The number of halogens is 1. The molecule has 0 aliphatic heterocycles. The molecule has 0 atom stereocenters. The van der Waals surface area contributed by atoms with Gasteiger partial charge in [-0.15, -0.1) is 11.3 Å². The molecule has 2 rings (SSSR count). The van der Waals surface area contributed by atoms with E-state index < -0.39 is 23.7 Å². The van der Waals surface area contributed by atoms with Crippen LogP contribution in [0.5, 0.6) is 5.75 Å². The van der Waals surface area contributed by atoms with Gasteiger partial charge in [0.15, 0.2) is 11.6 Å². The number of carbonyl (C=O) groups excluding carboxylic acids is 3. The number of para-hydroxylation sites is 1. The third-order valence-electron chi connectivity index (χ3n) is 4.57. The molecule has 0 fully saturated rings. The number of likely N-dealkylation sites (N-methyl/N-ethyl adjacent to an activating group) is 1. The van der Waals surface area contributed by atoms with Crippen LogP contribution in [0.4, 0.5) is 9.39 Å². The van der Waals surface area contributed by atoms with E-state index in [9.17, 15) is 18.8 Å². The molecule has 11 heteroatoms. The molecule has 0 aliphatic carbocycles. The van der Waals surface area contributed by atoms with E-state index in [1.807, 2.05) is 0 Å². The molecule has 34 heavy (non-hydrogen) atoms. The average Bonchev–Trinajstić information content (AvgIpc) is 3.11. The van der Waals surface area contributed by atoms with Crippen molar-refractivity contribution < 1.29 is 37.7 Å². The summed E-state index contributed by atoms with van der Waals surface area (Å²) in [6.07, 6.45) is 0. The van der Waals surface area contributed by atoms with Crippen LogP contribution in [-0.4, -0.2) is 76.4 Å². The first-order valence-corrected chi connectivity index (χ1v) is 11.4. The summed E-state index contributed by atoms with van der Waals surface area (Å²) in [7, 11) is 3.19. The summed E-state index contributed by atoms with van der Waals surface area (Å²) in [6.45, 7) is 4.20. The van der Waals surface area contributed by atoms with Gasteiger partial charge in [0.25, 0.3) is 0 Å². The van der Waals surface area contributed by atoms with Gasteiger partial charge in [0.2, 0.25) is 5.91 Å². The fourth-order valence-electron chi connectivity index (χ4n) is 2.89. The Hall–Kier alpha value is -3.02. The second-order valence-electron chi connectivity index (χ2n) is 7.17. The fraction of sp³-hybridized carbons (Fsp3) is 0.435. The van der Waals surface area contributed by atoms with E-state index in [2.05, 4.69) is 5.32 Å². The first-order chi connectivity index (χ1) is 16.3. The third kappa shape index (κ3) is 7.79. The molecule has 1 N–H and O–H groups in total. The van der Waals surface area contributed by atoms with Crippen molar-refractivity contribution in [3.05, 3.63) is 46.1 Å². The van der Waals surface area contributed by atoms with Gasteiger partial charge in [0.1, 0.15) is 23.1 Å². The maximum absolute atomic E-state index is 13.6. The average molecular weight is 497 g/mol. The van der Waals surface area contributed by atoms with Crippen molar-refractivity contribution in [1.82, 2.24) is 4.90 Å². The Morgan fingerprint density at radius 1 is 1.09 bits per heavy atom. The van der Waals surface area contributed by atoms with Crippen LogP contribution >= 0.6 is 11.3 Å². The lowest BCUT2D eigenvalue weighted by atomic mass is 10.1. The van der Waals surface area contributed by atoms with Gasteiger partial charge >= 0.3 is 11.9 Å². The van der Waals surface area contributed by atoms with E-state index in [0.717, 1.165) is 11.3 Å². The summed E-state index contributed by atoms with van der Waals surface area (Å²) < 4.78 is 34.1. The van der Waals surface area contributed by atoms with Crippen molar-refractivity contribution >= 4 is 34.2 Å². The molecule has 0 saturated carbocycles. The number of hydrogen-bond donors (Lipinski definition) is 1. The minimum Gasteiger partial charge on any atom is -0.489 e. The first kappa shape index (κ1) is 27.2. The van der Waals surface area contributed by atoms with Gasteiger partial charge in [-0.25, -0.2) is 14.0 Å². The predicted octanol–water partition coefficient (Wildman–Crippen LogP) is 3.12. The molecule has 0 spiro atoms. The lowest BCUT2D eigenvalue weighted by Gasteiger charge is -2.16. The number of nitrogens with one attached hydrogen (secondary N) is 1. The highest BCUT2D eigenvalue weighted by Crippen LogP contribution is 2.34. The van der Waals surface area contributed by atoms with Gasteiger partial charge in [-0.3, -0.25) is 9.69 Å². The van der Waals surface area contributed by atoms with Gasteiger partial charge in [-0.05, 0) is 38.6 Å². The molecule has 1 aromatic heterocycles. The molecule has 0 saturated heterocycles. The van der Waals surface area contributed by atoms with Crippen LogP contribution in [0, 0.1) is 12.7 Å². The second kappa shape index (κ2) is 13.6. The maximum Gasteiger partial charge on any atom is 0.348 e. The van der Waals surface area contributed by atoms with E-state index >= 15 is 0 Å². The largest absolute Gasteiger partial charge is 0.489 e. The second-order valence-corrected chi connectivity index (χ2v) is 8.19. The highest BCUT2D eigenvalue weighted by atomic mass is 32.1. The standard InChI is InChI=1S/C23H29FN2O7S/c1-5-31-22(28)19-15(2)20(23(29)33-13-12-30-4)34-21(19)25-18(27)14-26(3)10-11-32-17-9-7-6-8-16(17)24/h6-9H,5,10-14H2,1-4H3,(H,25,27). The van der Waals surface area contributed by atoms with Crippen LogP contribution in [0.2, 0.25) is 0 Å². The van der Waals surface area contributed by atoms with Crippen molar-refractivity contribution in [2.24, 2.45) is 0 Å². The summed E-state index contributed by atoms with van der Waals surface area (Å²) in [5, 5.41) is 2.89. The number of thiophene rings is 1. The molecule has 0 aliphatic rings. The van der Waals surface area contributed by atoms with Gasteiger partial charge in [-0.1, -0.05) is 12.1 Å². The number of nitrogens with zero attached hydrogens (tertiary/aromatic N) is 1. The molecule has 1 amide bonds. The van der Waals surface area contributed by atoms with Crippen molar-refractivity contribution in [1.29, 1.82) is 0 Å². The number of amides is 1. The van der Waals surface area contributed by atoms with Crippen LogP contribution in [0.15, 0.2) is 24.3 Å². The predicted molar refractivity (Wildman–Crippen MR) is 125 cm³/mol. The van der Waals surface area contributed by atoms with Crippen LogP contribution in [0.1, 0.15) is 32.5 Å². The molecule has 0 radical (unpaired) electrons. The Bertz CT molecular complexity index is 996. The SMILES string of the molecule is CCOC(=O)c1c(NC(=O)CN(C)CCOc2ccccc2F)sc(C(=O)OCCOC)c1C. The third-order valence-corrected chi connectivity index (χ3v) is 5.75. The summed E-state index contributed by atoms with van der Waals surface area (Å²) in [4.78, 5) is 39.4. The highest BCUT2D eigenvalue weighted by Gasteiger charge is 2.27. The molecule has 0 bridgehead atoms. The number of anilines is 1. The minimum atomic E-state index is -0.644. The van der Waals surface area contributed by atoms with Gasteiger partial charge < -0.3 is 24.3 Å². The smallest absolute Gasteiger partial charge is 0.348 e. The monoisotopic (exact) mass is 496 g/mol. The molecule has 9 nitrogen and oxygen atoms in total. The van der Waals surface area contributed by atoms with Crippen LogP contribution in [0.25, 0.3) is 0 Å². The van der Waals surface area contributed by atoms with E-state index in [0.29, 0.717) is 12.1 Å². The van der Waals surface area contributed by atoms with Crippen molar-refractivity contribution in [3.8, 4) is 5.75 Å². The molecular weight excluding hydrogens is 467 g/mol. The lowest BCUT2D eigenvalue weighted by molar-refractivity contribution is -0.117. The molecule has 1 heterocycles. The molecule has 2 aromatic rings. The van der Waals surface area contributed by atoms with Crippen molar-refractivity contribution in [3.63, 3.8) is 0 Å². The van der Waals surface area contributed by atoms with Crippen molar-refractivity contribution in [2.75, 3.05) is 59.0 Å². The molecular formula is C23H29FN2O7S. The van der Waals surface area contributed by atoms with Crippen LogP contribution in [0.3, 0.4) is 0 Å². The van der Waals surface area contributed by atoms with Crippen molar-refractivity contribution in [2.45, 2.75) is 13.8 Å². The van der Waals surface area contributed by atoms with Gasteiger partial charge in [0.05, 0.1) is 25.3 Å². The summed E-state index contributed by atoms with van der Waals surface area (Å²) >= 11 is 0.946. The normalized spacial score (nSPS) is 10.8. The Kier molecular flexibility index (Phi) is 10.9. The van der Waals surface area contributed by atoms with Crippen LogP contribution < -0.4 is 10.1 Å². The number of benzene rings is 1. The van der Waals surface area contributed by atoms with Crippen LogP contribution in [-0.2, 0) is 19.0 Å². The quantitative estimate of drug-likeness (QED) is 0.333. The van der Waals surface area contributed by atoms with Gasteiger partial charge in [-0.2, -0.15) is 0 Å². The molecule has 1 aromatic carbocycles. The number of ether oxygens (including phenoxy) is 4. The van der Waals surface area contributed by atoms with E-state index in [4.69, 9.17) is 18.9 Å². The lowest BCUT2D eigenvalue weighted by Crippen LogP contribution is -2.33. The highest BCUT2D eigenvalue weighted by molar-refractivity contribution is 7.18. The number of carbonyl (C=O) groups is 3.